The summed E-state index contributed by atoms with van der Waals surface area (Å²) in [4.78, 5) is 5.37. The first-order chi connectivity index (χ1) is 19.3. The van der Waals surface area contributed by atoms with Crippen molar-refractivity contribution in [2.24, 2.45) is 22.9 Å². The number of nitrogens with zero attached hydrogens (tertiary/aromatic N) is 6. The second kappa shape index (κ2) is 13.5. The Labute approximate surface area is 269 Å². The maximum absolute atomic E-state index is 7.21. The monoisotopic (exact) mass is 640 g/mol. The summed E-state index contributed by atoms with van der Waals surface area (Å²) < 4.78 is 5.38. The first-order valence-electron chi connectivity index (χ1n) is 16.9. The molecule has 0 aromatic carbocycles. The molecule has 3 unspecified atom stereocenters. The fraction of sp³-hybridized carbons (Fsp3) is 0.909. The quantitative estimate of drug-likeness (QED) is 0.0826. The van der Waals surface area contributed by atoms with Gasteiger partial charge in [0.2, 0.25) is 0 Å². The van der Waals surface area contributed by atoms with Crippen LogP contribution in [0.2, 0.25) is 0 Å². The second-order valence-electron chi connectivity index (χ2n) is 15.3. The number of rotatable bonds is 14. The lowest BCUT2D eigenvalue weighted by atomic mass is 9.90. The zero-order valence-electron chi connectivity index (χ0n) is 29.9. The maximum atomic E-state index is 7.21. The molecule has 0 N–H and O–H groups in total. The van der Waals surface area contributed by atoms with Gasteiger partial charge in [-0.05, 0) is 123 Å². The van der Waals surface area contributed by atoms with E-state index in [0.29, 0.717) is 72.1 Å². The molecular formula is C33H66N6P2S. The van der Waals surface area contributed by atoms with Crippen LogP contribution in [-0.4, -0.2) is 89.5 Å². The molecular weight excluding hydrogens is 574 g/mol. The SMILES string of the molecule is CC(C)N(C(C)C)C(P)(N(C(C)C)C(C)C)N1N=C([P+]([S-])(N(C(C)C)C(C)C)N(C(C)C)C(C)C)[C@H]2C3C=CC(C3)[C@H]21. The van der Waals surface area contributed by atoms with Crippen molar-refractivity contribution in [2.45, 2.75) is 177 Å². The van der Waals surface area contributed by atoms with Gasteiger partial charge < -0.3 is 12.2 Å². The molecule has 9 heteroatoms. The predicted octanol–water partition coefficient (Wildman–Crippen LogP) is 8.08. The molecule has 42 heavy (non-hydrogen) atoms. The Morgan fingerprint density at radius 3 is 1.38 bits per heavy atom. The summed E-state index contributed by atoms with van der Waals surface area (Å²) in [6.07, 6.45) is 6.21. The van der Waals surface area contributed by atoms with E-state index < -0.39 is 12.3 Å². The Morgan fingerprint density at radius 1 is 0.690 bits per heavy atom. The minimum absolute atomic E-state index is 0.303. The van der Waals surface area contributed by atoms with E-state index in [9.17, 15) is 0 Å². The second-order valence-corrected chi connectivity index (χ2v) is 20.1. The smallest absolute Gasteiger partial charge is 0.196 e. The molecule has 1 heterocycles. The normalized spacial score (nSPS) is 25.0. The molecule has 0 amide bonds. The van der Waals surface area contributed by atoms with Gasteiger partial charge in [0.15, 0.2) is 11.0 Å². The van der Waals surface area contributed by atoms with Gasteiger partial charge in [-0.3, -0.25) is 14.8 Å². The van der Waals surface area contributed by atoms with Gasteiger partial charge in [-0.1, -0.05) is 21.4 Å². The van der Waals surface area contributed by atoms with E-state index >= 15 is 0 Å². The Bertz CT molecular complexity index is 906. The zero-order chi connectivity index (χ0) is 32.2. The van der Waals surface area contributed by atoms with E-state index in [1.54, 1.807) is 0 Å². The van der Waals surface area contributed by atoms with Crippen molar-refractivity contribution in [2.75, 3.05) is 0 Å². The molecule has 0 spiro atoms. The molecule has 244 valence electrons. The van der Waals surface area contributed by atoms with Gasteiger partial charge in [0.1, 0.15) is 0 Å². The van der Waals surface area contributed by atoms with Crippen molar-refractivity contribution in [1.82, 2.24) is 24.1 Å². The highest BCUT2D eigenvalue weighted by atomic mass is 32.7. The number of hydrogen-bond acceptors (Lipinski definition) is 7. The molecule has 5 atom stereocenters. The summed E-state index contributed by atoms with van der Waals surface area (Å²) in [5.74, 6) is 1.33. The Balaban J connectivity index is 2.45. The van der Waals surface area contributed by atoms with E-state index in [4.69, 9.17) is 17.4 Å². The highest BCUT2D eigenvalue weighted by Crippen LogP contribution is 2.73. The average Bonchev–Trinajstić information content (AvgIpc) is 3.50. The van der Waals surface area contributed by atoms with Crippen LogP contribution in [0.5, 0.6) is 0 Å². The van der Waals surface area contributed by atoms with Crippen LogP contribution in [0.15, 0.2) is 17.3 Å². The Morgan fingerprint density at radius 2 is 1.05 bits per heavy atom. The van der Waals surface area contributed by atoms with Crippen molar-refractivity contribution >= 4 is 33.7 Å². The molecule has 1 fully saturated rings. The maximum Gasteiger partial charge on any atom is 0.196 e. The summed E-state index contributed by atoms with van der Waals surface area (Å²) in [6, 6.07) is 2.95. The lowest BCUT2D eigenvalue weighted by Crippen LogP contribution is -2.72. The summed E-state index contributed by atoms with van der Waals surface area (Å²) in [5.41, 5.74) is 0.810. The molecule has 2 bridgehead atoms. The fourth-order valence-corrected chi connectivity index (χ4v) is 17.5. The minimum atomic E-state index is -2.45. The van der Waals surface area contributed by atoms with Crippen molar-refractivity contribution in [3.63, 3.8) is 0 Å². The van der Waals surface area contributed by atoms with Gasteiger partial charge >= 0.3 is 0 Å². The van der Waals surface area contributed by atoms with E-state index in [0.717, 1.165) is 0 Å². The van der Waals surface area contributed by atoms with Crippen LogP contribution in [0.3, 0.4) is 0 Å². The van der Waals surface area contributed by atoms with Gasteiger partial charge in [0, 0.05) is 54.3 Å². The summed E-state index contributed by atoms with van der Waals surface area (Å²) in [7, 11) is 3.39. The van der Waals surface area contributed by atoms with Crippen molar-refractivity contribution in [3.8, 4) is 0 Å². The van der Waals surface area contributed by atoms with Crippen LogP contribution >= 0.6 is 16.0 Å². The van der Waals surface area contributed by atoms with E-state index in [-0.39, 0.29) is 0 Å². The summed E-state index contributed by atoms with van der Waals surface area (Å²) >= 11 is 7.21. The predicted molar refractivity (Wildman–Crippen MR) is 192 cm³/mol. The number of allylic oxidation sites excluding steroid dienone is 1. The Hall–Kier alpha value is 0.260. The lowest BCUT2D eigenvalue weighted by molar-refractivity contribution is -0.166. The van der Waals surface area contributed by atoms with E-state index in [2.05, 4.69) is 156 Å². The molecule has 1 saturated carbocycles. The van der Waals surface area contributed by atoms with Gasteiger partial charge in [0.25, 0.3) is 0 Å². The van der Waals surface area contributed by atoms with E-state index in [1.807, 2.05) is 0 Å². The van der Waals surface area contributed by atoms with E-state index in [1.165, 1.54) is 11.9 Å². The van der Waals surface area contributed by atoms with Crippen LogP contribution in [0, 0.1) is 17.8 Å². The molecule has 0 aromatic rings. The van der Waals surface area contributed by atoms with Crippen LogP contribution in [0.1, 0.15) is 117 Å². The lowest BCUT2D eigenvalue weighted by Gasteiger charge is -2.59. The van der Waals surface area contributed by atoms with Gasteiger partial charge in [-0.2, -0.15) is 9.34 Å². The fourth-order valence-electron chi connectivity index (χ4n) is 9.15. The van der Waals surface area contributed by atoms with Gasteiger partial charge in [-0.25, -0.2) is 0 Å². The third kappa shape index (κ3) is 6.05. The van der Waals surface area contributed by atoms with Crippen molar-refractivity contribution in [3.05, 3.63) is 12.2 Å². The van der Waals surface area contributed by atoms with Crippen LogP contribution < -0.4 is 0 Å². The topological polar surface area (TPSA) is 28.6 Å². The van der Waals surface area contributed by atoms with Gasteiger partial charge in [-0.15, -0.1) is 5.10 Å². The molecule has 0 saturated heterocycles. The average molecular weight is 641 g/mol. The molecule has 3 aliphatic rings. The molecule has 6 nitrogen and oxygen atoms in total. The van der Waals surface area contributed by atoms with Gasteiger partial charge in [0.05, 0.1) is 18.7 Å². The first-order valence-corrected chi connectivity index (χ1v) is 20.1. The first kappa shape index (κ1) is 36.7. The van der Waals surface area contributed by atoms with Crippen molar-refractivity contribution < 1.29 is 0 Å². The van der Waals surface area contributed by atoms with Crippen LogP contribution in [0.4, 0.5) is 0 Å². The Kier molecular flexibility index (Phi) is 11.8. The third-order valence-electron chi connectivity index (χ3n) is 9.57. The number of hydrogen-bond donors (Lipinski definition) is 0. The summed E-state index contributed by atoms with van der Waals surface area (Å²) in [6.45, 7) is 35.0. The molecule has 0 radical (unpaired) electrons. The molecule has 2 aliphatic carbocycles. The minimum Gasteiger partial charge on any atom is -0.511 e. The number of fused-ring (bicyclic) bond motifs is 5. The van der Waals surface area contributed by atoms with Crippen molar-refractivity contribution in [1.29, 1.82) is 0 Å². The van der Waals surface area contributed by atoms with Crippen LogP contribution in [0.25, 0.3) is 0 Å². The molecule has 1 aliphatic heterocycles. The molecule has 3 rings (SSSR count). The highest BCUT2D eigenvalue weighted by molar-refractivity contribution is 8.46. The molecule has 0 aromatic heterocycles. The number of hydrazone groups is 1. The standard InChI is InChI=1S/C33H66N6P2S/c1-20(2)35(21(3)4)33(40,36(22(5)6)23(7)8)39-31-29-18-17-28(19-29)30(31)32(34-39)41(42,37(24(9)10)25(11)12)38(26(13)14)27(15)16/h17-18,20-31H,19,40H2,1-16H3/t28?,29?,30-,31+/m0/s1. The highest BCUT2D eigenvalue weighted by Gasteiger charge is 2.66. The van der Waals surface area contributed by atoms with Crippen LogP contribution in [-0.2, 0) is 12.2 Å². The summed E-state index contributed by atoms with van der Waals surface area (Å²) in [5, 5.41) is 8.54. The third-order valence-corrected chi connectivity index (χ3v) is 16.2. The largest absolute Gasteiger partial charge is 0.511 e. The zero-order valence-corrected chi connectivity index (χ0v) is 32.8.